The van der Waals surface area contributed by atoms with Crippen LogP contribution in [0.5, 0.6) is 0 Å². The molecular formula is C14H15F3N2O4. The van der Waals surface area contributed by atoms with Crippen molar-refractivity contribution in [3.63, 3.8) is 0 Å². The number of carbonyl (C=O) groups is 2. The molecule has 6 nitrogen and oxygen atoms in total. The molecule has 1 fully saturated rings. The van der Waals surface area contributed by atoms with E-state index in [4.69, 9.17) is 5.11 Å². The van der Waals surface area contributed by atoms with Gasteiger partial charge in [0.1, 0.15) is 12.1 Å². The maximum absolute atomic E-state index is 12.7. The van der Waals surface area contributed by atoms with E-state index in [1.165, 1.54) is 11.8 Å². The van der Waals surface area contributed by atoms with Crippen molar-refractivity contribution in [3.8, 4) is 0 Å². The monoisotopic (exact) mass is 332 g/mol. The Labute approximate surface area is 129 Å². The van der Waals surface area contributed by atoms with Crippen LogP contribution in [0.1, 0.15) is 18.9 Å². The normalized spacial score (nSPS) is 21.5. The van der Waals surface area contributed by atoms with Crippen molar-refractivity contribution < 1.29 is 27.9 Å². The predicted molar refractivity (Wildman–Crippen MR) is 72.6 cm³/mol. The van der Waals surface area contributed by atoms with E-state index in [2.05, 4.69) is 0 Å². The molecule has 1 N–H and O–H groups in total. The lowest BCUT2D eigenvalue weighted by Gasteiger charge is -2.20. The van der Waals surface area contributed by atoms with E-state index in [-0.39, 0.29) is 19.5 Å². The number of hydrogen-bond donors (Lipinski definition) is 1. The molecule has 1 aromatic heterocycles. The van der Waals surface area contributed by atoms with E-state index >= 15 is 0 Å². The van der Waals surface area contributed by atoms with Crippen LogP contribution in [-0.2, 0) is 22.3 Å². The maximum Gasteiger partial charge on any atom is 0.421 e. The number of likely N-dealkylation sites (tertiary alicyclic amines) is 1. The highest BCUT2D eigenvalue weighted by Gasteiger charge is 2.42. The third-order valence-electron chi connectivity index (χ3n) is 3.97. The number of carboxylic acids is 1. The number of pyridine rings is 1. The van der Waals surface area contributed by atoms with E-state index < -0.39 is 41.1 Å². The van der Waals surface area contributed by atoms with Gasteiger partial charge in [-0.15, -0.1) is 0 Å². The van der Waals surface area contributed by atoms with Gasteiger partial charge < -0.3 is 14.6 Å². The first-order valence-corrected chi connectivity index (χ1v) is 6.82. The zero-order valence-corrected chi connectivity index (χ0v) is 12.3. The van der Waals surface area contributed by atoms with Crippen LogP contribution in [0, 0.1) is 5.41 Å². The average Bonchev–Trinajstić information content (AvgIpc) is 2.84. The molecule has 1 aliphatic rings. The predicted octanol–water partition coefficient (Wildman–Crippen LogP) is 1.19. The van der Waals surface area contributed by atoms with Crippen molar-refractivity contribution in [3.05, 3.63) is 34.2 Å². The van der Waals surface area contributed by atoms with Gasteiger partial charge in [0, 0.05) is 19.3 Å². The average molecular weight is 332 g/mol. The molecule has 0 bridgehead atoms. The first-order chi connectivity index (χ1) is 10.5. The molecule has 0 saturated carbocycles. The molecule has 2 rings (SSSR count). The first-order valence-electron chi connectivity index (χ1n) is 6.82. The largest absolute Gasteiger partial charge is 0.481 e. The lowest BCUT2D eigenvalue weighted by molar-refractivity contribution is -0.147. The minimum absolute atomic E-state index is 0.0329. The summed E-state index contributed by atoms with van der Waals surface area (Å²) in [7, 11) is 0. The minimum atomic E-state index is -4.79. The summed E-state index contributed by atoms with van der Waals surface area (Å²) in [6, 6.07) is 1.70. The standard InChI is InChI=1S/C14H15F3N2O4/c1-13(12(22)23)4-6-19(8-13)10(20)7-18-5-2-3-9(11(18)21)14(15,16)17/h2-3,5H,4,6-8H2,1H3,(H,22,23)/t13-/m0/s1. The Kier molecular flexibility index (Phi) is 4.23. The number of aliphatic carboxylic acids is 1. The van der Waals surface area contributed by atoms with E-state index in [1.807, 2.05) is 0 Å². The number of carbonyl (C=O) groups excluding carboxylic acids is 1. The van der Waals surface area contributed by atoms with Gasteiger partial charge in [-0.2, -0.15) is 13.2 Å². The first kappa shape index (κ1) is 17.0. The summed E-state index contributed by atoms with van der Waals surface area (Å²) < 4.78 is 38.7. The second-order valence-electron chi connectivity index (χ2n) is 5.78. The number of alkyl halides is 3. The fourth-order valence-corrected chi connectivity index (χ4v) is 2.47. The highest BCUT2D eigenvalue weighted by Crippen LogP contribution is 2.30. The molecule has 9 heteroatoms. The Bertz CT molecular complexity index is 698. The molecule has 0 spiro atoms. The van der Waals surface area contributed by atoms with Gasteiger partial charge in [-0.1, -0.05) is 0 Å². The van der Waals surface area contributed by atoms with Crippen LogP contribution in [-0.4, -0.2) is 39.5 Å². The highest BCUT2D eigenvalue weighted by molar-refractivity contribution is 5.80. The summed E-state index contributed by atoms with van der Waals surface area (Å²) in [5.74, 6) is -1.62. The smallest absolute Gasteiger partial charge is 0.421 e. The molecule has 0 radical (unpaired) electrons. The zero-order valence-electron chi connectivity index (χ0n) is 12.3. The maximum atomic E-state index is 12.7. The fraction of sp³-hybridized carbons (Fsp3) is 0.500. The highest BCUT2D eigenvalue weighted by atomic mass is 19.4. The Morgan fingerprint density at radius 2 is 2.04 bits per heavy atom. The van der Waals surface area contributed by atoms with Crippen LogP contribution in [0.3, 0.4) is 0 Å². The van der Waals surface area contributed by atoms with E-state index in [0.717, 1.165) is 12.3 Å². The number of carboxylic acid groups (broad SMARTS) is 1. The minimum Gasteiger partial charge on any atom is -0.481 e. The lowest BCUT2D eigenvalue weighted by Crippen LogP contribution is -2.39. The van der Waals surface area contributed by atoms with Crippen LogP contribution in [0.4, 0.5) is 13.2 Å². The van der Waals surface area contributed by atoms with Crippen LogP contribution in [0.25, 0.3) is 0 Å². The molecule has 0 aliphatic carbocycles. The molecule has 126 valence electrons. The van der Waals surface area contributed by atoms with Crippen molar-refractivity contribution in [2.45, 2.75) is 26.1 Å². The fourth-order valence-electron chi connectivity index (χ4n) is 2.47. The van der Waals surface area contributed by atoms with E-state index in [9.17, 15) is 27.6 Å². The van der Waals surface area contributed by atoms with Gasteiger partial charge in [0.2, 0.25) is 5.91 Å². The molecule has 1 aliphatic heterocycles. The number of amides is 1. The Morgan fingerprint density at radius 3 is 2.57 bits per heavy atom. The molecule has 1 aromatic rings. The van der Waals surface area contributed by atoms with Crippen molar-refractivity contribution in [2.75, 3.05) is 13.1 Å². The van der Waals surface area contributed by atoms with Crippen molar-refractivity contribution in [2.24, 2.45) is 5.41 Å². The summed E-state index contributed by atoms with van der Waals surface area (Å²) >= 11 is 0. The number of hydrogen-bond acceptors (Lipinski definition) is 3. The summed E-state index contributed by atoms with van der Waals surface area (Å²) in [4.78, 5) is 36.3. The second-order valence-corrected chi connectivity index (χ2v) is 5.78. The van der Waals surface area contributed by atoms with Gasteiger partial charge in [0.15, 0.2) is 0 Å². The van der Waals surface area contributed by atoms with E-state index in [0.29, 0.717) is 10.6 Å². The lowest BCUT2D eigenvalue weighted by atomic mass is 9.90. The zero-order chi connectivity index (χ0) is 17.4. The van der Waals surface area contributed by atoms with Crippen molar-refractivity contribution in [1.29, 1.82) is 0 Å². The van der Waals surface area contributed by atoms with Gasteiger partial charge in [-0.25, -0.2) is 0 Å². The summed E-state index contributed by atoms with van der Waals surface area (Å²) in [5.41, 5.74) is -3.72. The number of nitrogens with zero attached hydrogens (tertiary/aromatic N) is 2. The molecule has 23 heavy (non-hydrogen) atoms. The molecule has 1 saturated heterocycles. The van der Waals surface area contributed by atoms with Crippen LogP contribution in [0.15, 0.2) is 23.1 Å². The number of aromatic nitrogens is 1. The van der Waals surface area contributed by atoms with Crippen LogP contribution in [0.2, 0.25) is 0 Å². The summed E-state index contributed by atoms with van der Waals surface area (Å²) in [5, 5.41) is 9.11. The SMILES string of the molecule is C[C@]1(C(=O)O)CCN(C(=O)Cn2cccc(C(F)(F)F)c2=O)C1. The summed E-state index contributed by atoms with van der Waals surface area (Å²) in [6.07, 6.45) is -3.44. The molecule has 2 heterocycles. The van der Waals surface area contributed by atoms with Gasteiger partial charge >= 0.3 is 12.1 Å². The Balaban J connectivity index is 2.17. The van der Waals surface area contributed by atoms with Crippen LogP contribution >= 0.6 is 0 Å². The molecule has 1 amide bonds. The number of rotatable bonds is 3. The Hall–Kier alpha value is -2.32. The quantitative estimate of drug-likeness (QED) is 0.902. The molecule has 1 atom stereocenters. The molecular weight excluding hydrogens is 317 g/mol. The Morgan fingerprint density at radius 1 is 1.39 bits per heavy atom. The van der Waals surface area contributed by atoms with Gasteiger partial charge in [0.05, 0.1) is 5.41 Å². The van der Waals surface area contributed by atoms with E-state index in [1.54, 1.807) is 0 Å². The molecule has 0 unspecified atom stereocenters. The third kappa shape index (κ3) is 3.38. The van der Waals surface area contributed by atoms with Gasteiger partial charge in [-0.05, 0) is 25.5 Å². The van der Waals surface area contributed by atoms with Crippen LogP contribution < -0.4 is 5.56 Å². The van der Waals surface area contributed by atoms with Crippen molar-refractivity contribution in [1.82, 2.24) is 9.47 Å². The second kappa shape index (κ2) is 5.71. The topological polar surface area (TPSA) is 79.6 Å². The number of halogens is 3. The van der Waals surface area contributed by atoms with Crippen molar-refractivity contribution >= 4 is 11.9 Å². The molecule has 0 aromatic carbocycles. The third-order valence-corrected chi connectivity index (χ3v) is 3.97. The van der Waals surface area contributed by atoms with Gasteiger partial charge in [0.25, 0.3) is 5.56 Å². The van der Waals surface area contributed by atoms with Gasteiger partial charge in [-0.3, -0.25) is 14.4 Å². The summed E-state index contributed by atoms with van der Waals surface area (Å²) in [6.45, 7) is 1.10.